The fourth-order valence-electron chi connectivity index (χ4n) is 11.8. The average molecular weight is 1310 g/mol. The first-order valence-electron chi connectivity index (χ1n) is 33.7. The molecule has 2 aliphatic heterocycles. The summed E-state index contributed by atoms with van der Waals surface area (Å²) < 4.78 is 29.1. The number of nitrogens with one attached hydrogen (secondary N) is 2. The Bertz CT molecular complexity index is 2390. The summed E-state index contributed by atoms with van der Waals surface area (Å²) in [6, 6.07) is 0.326. The number of aromatic nitrogens is 2. The largest absolute Gasteiger partial charge is 0.464 e. The van der Waals surface area contributed by atoms with Crippen molar-refractivity contribution in [2.45, 2.75) is 259 Å². The first-order chi connectivity index (χ1) is 42.5. The number of hydrogen-bond donors (Lipinski definition) is 3. The van der Waals surface area contributed by atoms with Crippen LogP contribution in [0.2, 0.25) is 18.1 Å². The van der Waals surface area contributed by atoms with E-state index in [-0.39, 0.29) is 96.7 Å². The molecule has 0 aromatic carbocycles. The molecular weight excluding hydrogens is 1190 g/mol. The number of aliphatic hydroxyl groups is 1. The highest BCUT2D eigenvalue weighted by Crippen LogP contribution is 2.37. The predicted molar refractivity (Wildman–Crippen MR) is 357 cm³/mol. The van der Waals surface area contributed by atoms with Crippen molar-refractivity contribution in [2.75, 3.05) is 68.1 Å². The van der Waals surface area contributed by atoms with Crippen LogP contribution in [0.25, 0.3) is 0 Å². The van der Waals surface area contributed by atoms with Gasteiger partial charge in [-0.05, 0) is 114 Å². The zero-order chi connectivity index (χ0) is 66.4. The Balaban J connectivity index is 0.000000471. The maximum absolute atomic E-state index is 14.8. The molecule has 3 N–H and O–H groups in total. The molecule has 2 aliphatic rings. The molecule has 89 heavy (non-hydrogen) atoms. The van der Waals surface area contributed by atoms with Crippen LogP contribution < -0.4 is 10.6 Å². The van der Waals surface area contributed by atoms with Gasteiger partial charge in [-0.2, -0.15) is 0 Å². The summed E-state index contributed by atoms with van der Waals surface area (Å²) in [5, 5.41) is 21.9. The van der Waals surface area contributed by atoms with E-state index in [0.29, 0.717) is 31.1 Å². The molecule has 0 radical (unpaired) electrons. The molecule has 0 bridgehead atoms. The van der Waals surface area contributed by atoms with Crippen LogP contribution in [0.3, 0.4) is 0 Å². The number of carbonyl (C=O) groups excluding carboxylic acids is 6. The first kappa shape index (κ1) is 79.3. The third-order valence-electron chi connectivity index (χ3n) is 18.5. The van der Waals surface area contributed by atoms with E-state index in [2.05, 4.69) is 80.8 Å². The Morgan fingerprint density at radius 2 is 1.02 bits per heavy atom. The third-order valence-corrected chi connectivity index (χ3v) is 25.0. The van der Waals surface area contributed by atoms with Crippen molar-refractivity contribution in [2.24, 2.45) is 23.7 Å². The lowest BCUT2D eigenvalue weighted by Gasteiger charge is -2.41. The molecule has 4 heterocycles. The number of amides is 4. The summed E-state index contributed by atoms with van der Waals surface area (Å²) >= 11 is 2.59. The van der Waals surface area contributed by atoms with Crippen LogP contribution in [0.4, 0.5) is 0 Å². The van der Waals surface area contributed by atoms with Crippen molar-refractivity contribution in [1.82, 2.24) is 40.2 Å². The topological polar surface area (TPSA) is 232 Å². The van der Waals surface area contributed by atoms with Gasteiger partial charge in [-0.3, -0.25) is 29.0 Å². The number of thiazole rings is 2. The molecule has 510 valence electrons. The van der Waals surface area contributed by atoms with E-state index >= 15 is 0 Å². The fraction of sp³-hybridized carbons (Fsp3) is 0.818. The van der Waals surface area contributed by atoms with E-state index in [0.717, 1.165) is 120 Å². The van der Waals surface area contributed by atoms with Crippen LogP contribution in [0.5, 0.6) is 0 Å². The number of piperidine rings is 2. The van der Waals surface area contributed by atoms with Gasteiger partial charge < -0.3 is 48.9 Å². The summed E-state index contributed by atoms with van der Waals surface area (Å²) in [5.41, 5.74) is 0.412. The van der Waals surface area contributed by atoms with Gasteiger partial charge >= 0.3 is 11.9 Å². The van der Waals surface area contributed by atoms with Crippen molar-refractivity contribution in [1.29, 1.82) is 0 Å². The van der Waals surface area contributed by atoms with E-state index in [4.69, 9.17) is 28.4 Å². The summed E-state index contributed by atoms with van der Waals surface area (Å²) in [7, 11) is 4.46. The summed E-state index contributed by atoms with van der Waals surface area (Å²) in [4.78, 5) is 97.2. The summed E-state index contributed by atoms with van der Waals surface area (Å²) in [6.07, 6.45) is 12.5. The molecule has 0 saturated carbocycles. The van der Waals surface area contributed by atoms with Crippen molar-refractivity contribution in [3.05, 3.63) is 32.2 Å². The molecule has 0 spiro atoms. The quantitative estimate of drug-likeness (QED) is 0.0244. The van der Waals surface area contributed by atoms with Gasteiger partial charge in [0.2, 0.25) is 23.6 Å². The van der Waals surface area contributed by atoms with Gasteiger partial charge in [0.25, 0.3) is 0 Å². The van der Waals surface area contributed by atoms with Crippen LogP contribution in [-0.4, -0.2) is 183 Å². The molecule has 10 atom stereocenters. The molecule has 0 aliphatic carbocycles. The van der Waals surface area contributed by atoms with Gasteiger partial charge in [0, 0.05) is 42.5 Å². The molecule has 2 fully saturated rings. The summed E-state index contributed by atoms with van der Waals surface area (Å²) in [6.45, 7) is 30.2. The number of ether oxygens (including phenoxy) is 4. The van der Waals surface area contributed by atoms with Crippen LogP contribution in [0, 0.1) is 23.7 Å². The van der Waals surface area contributed by atoms with Crippen LogP contribution in [-0.2, 0) is 42.6 Å². The van der Waals surface area contributed by atoms with Gasteiger partial charge in [-0.15, -0.1) is 22.7 Å². The number of aliphatic hydroxyl groups excluding tert-OH is 1. The number of esters is 2. The second kappa shape index (κ2) is 41.6. The number of likely N-dealkylation sites (N-methyl/N-ethyl adjacent to an activating group) is 2. The second-order valence-corrected chi connectivity index (χ2v) is 31.9. The molecule has 2 aromatic heterocycles. The van der Waals surface area contributed by atoms with E-state index < -0.39 is 50.6 Å². The third kappa shape index (κ3) is 24.5. The number of rotatable bonds is 39. The Kier molecular flexibility index (Phi) is 37.1. The molecule has 4 unspecified atom stereocenters. The monoisotopic (exact) mass is 1310 g/mol. The van der Waals surface area contributed by atoms with Gasteiger partial charge in [0.15, 0.2) is 19.7 Å². The van der Waals surface area contributed by atoms with Gasteiger partial charge in [0.1, 0.15) is 41.7 Å². The maximum Gasteiger partial charge on any atom is 0.357 e. The highest BCUT2D eigenvalue weighted by atomic mass is 32.1. The van der Waals surface area contributed by atoms with E-state index in [1.165, 1.54) is 36.9 Å². The van der Waals surface area contributed by atoms with Gasteiger partial charge in [0.05, 0.1) is 32.4 Å². The highest BCUT2D eigenvalue weighted by molar-refractivity contribution is 7.10. The highest BCUT2D eigenvalue weighted by Gasteiger charge is 2.42. The normalized spacial score (nSPS) is 18.6. The molecule has 23 heteroatoms. The Labute approximate surface area is 544 Å². The zero-order valence-electron chi connectivity index (χ0n) is 57.7. The number of hydrogen-bond acceptors (Lipinski definition) is 18. The van der Waals surface area contributed by atoms with Crippen LogP contribution in [0.1, 0.15) is 236 Å². The maximum atomic E-state index is 14.8. The predicted octanol–water partition coefficient (Wildman–Crippen LogP) is 11.8. The summed E-state index contributed by atoms with van der Waals surface area (Å²) in [5.74, 6) is -1.70. The Morgan fingerprint density at radius 1 is 0.618 bits per heavy atom. The van der Waals surface area contributed by atoms with Crippen LogP contribution >= 0.6 is 22.7 Å². The smallest absolute Gasteiger partial charge is 0.357 e. The van der Waals surface area contributed by atoms with Gasteiger partial charge in [-0.25, -0.2) is 19.6 Å². The Morgan fingerprint density at radius 3 is 1.39 bits per heavy atom. The lowest BCUT2D eigenvalue weighted by Crippen LogP contribution is -2.59. The average Bonchev–Trinajstić information content (AvgIpc) is 4.21. The van der Waals surface area contributed by atoms with E-state index in [1.807, 2.05) is 53.6 Å². The number of nitrogens with zero attached hydrogens (tertiary/aromatic N) is 6. The minimum Gasteiger partial charge on any atom is -0.464 e. The van der Waals surface area contributed by atoms with E-state index in [1.54, 1.807) is 15.7 Å². The number of unbranched alkanes of at least 4 members (excludes halogenated alkanes) is 4. The first-order valence-corrected chi connectivity index (χ1v) is 38.0. The number of methoxy groups -OCH3 is 2. The van der Waals surface area contributed by atoms with Crippen molar-refractivity contribution in [3.63, 3.8) is 0 Å². The minimum atomic E-state index is -2.13. The second-order valence-electron chi connectivity index (χ2n) is 25.4. The van der Waals surface area contributed by atoms with Crippen molar-refractivity contribution in [3.8, 4) is 0 Å². The standard InChI is InChI=1S/C36H66N4O6SSi.C30H52N4O6S/c1-11-16-19-22-45-25-40(35(42)32(27(8)12-2)38-33(41)29-20-17-18-21-39(29)9)30(26(6)7)23-31(46-48(13-3,14-4)15-5)34-37-28(24-47-34)36(43)44-10;1-8-10-13-16-40-19-34(24(20(3)4)17-25(35)28-31-22(18-41-28)30(38)39-7)29(37)26(21(5)9-2)32-27(36)23-14-11-12-15-33(23)6/h24,26-27,29-32H,11-23,25H2,1-10H3,(H,38,41);18,20-21,23-26,35H,8-17,19H2,1-7H3,(H,32,36)/t27?,29?,30-,31+,32+;21?,23?,24-,25+,26+/m11/s1. The number of carbonyl (C=O) groups is 6. The Hall–Kier alpha value is -3.94. The SMILES string of the molecule is CCCCCOCN(C(=O)[C@@H](NC(=O)C1CCCCN1C)C(C)CC)[C@H](C[C@H](O)c1nc(C(=O)OC)cs1)C(C)C.CCCCCOCN(C(=O)[C@@H](NC(=O)C1CCCCN1C)C(C)CC)[C@H](C[C@H](O[Si](CC)(CC)CC)c1nc(C(=O)OC)cs1)C(C)C. The van der Waals surface area contributed by atoms with E-state index in [9.17, 15) is 33.9 Å². The molecule has 4 rings (SSSR count). The van der Waals surface area contributed by atoms with Crippen molar-refractivity contribution >= 4 is 66.6 Å². The fourth-order valence-corrected chi connectivity index (χ4v) is 16.3. The van der Waals surface area contributed by atoms with Crippen LogP contribution in [0.15, 0.2) is 10.8 Å². The lowest BCUT2D eigenvalue weighted by molar-refractivity contribution is -0.149. The number of likely N-dealkylation sites (tertiary alicyclic amines) is 2. The molecule has 2 aromatic rings. The molecule has 20 nitrogen and oxygen atoms in total. The van der Waals surface area contributed by atoms with Gasteiger partial charge in [-0.1, -0.05) is 141 Å². The zero-order valence-corrected chi connectivity index (χ0v) is 60.3. The lowest BCUT2D eigenvalue weighted by atomic mass is 9.92. The molecule has 4 amide bonds. The minimum absolute atomic E-state index is 0.0226. The van der Waals surface area contributed by atoms with Crippen molar-refractivity contribution < 1.29 is 57.2 Å². The molecule has 2 saturated heterocycles. The molecular formula is C66H118N8O12S2Si.